The van der Waals surface area contributed by atoms with Crippen LogP contribution in [0.25, 0.3) is 16.6 Å². The van der Waals surface area contributed by atoms with Crippen LogP contribution in [0.3, 0.4) is 0 Å². The molecule has 2 heterocycles. The number of anilines is 1. The summed E-state index contributed by atoms with van der Waals surface area (Å²) in [5.74, 6) is -0.461. The fraction of sp³-hybridized carbons (Fsp3) is 0. The fourth-order valence-electron chi connectivity index (χ4n) is 3.28. The van der Waals surface area contributed by atoms with Crippen molar-refractivity contribution in [2.75, 3.05) is 5.32 Å². The Labute approximate surface area is 209 Å². The SMILES string of the molecule is O=C(Nc1nnc2c3ccccc3nc(Sc3ccc(Br)cc3)n12)c1ccc(Cl)c([N+](=O)[O-])c1. The van der Waals surface area contributed by atoms with Crippen LogP contribution in [0.1, 0.15) is 10.4 Å². The number of aromatic nitrogens is 4. The zero-order chi connectivity index (χ0) is 23.8. The van der Waals surface area contributed by atoms with Gasteiger partial charge in [-0.3, -0.25) is 20.2 Å². The van der Waals surface area contributed by atoms with Crippen molar-refractivity contribution in [3.8, 4) is 0 Å². The lowest BCUT2D eigenvalue weighted by molar-refractivity contribution is -0.384. The first-order valence-corrected chi connectivity index (χ1v) is 11.7. The van der Waals surface area contributed by atoms with Crippen LogP contribution < -0.4 is 5.32 Å². The molecule has 0 saturated carbocycles. The molecule has 0 radical (unpaired) electrons. The normalized spacial score (nSPS) is 11.1. The van der Waals surface area contributed by atoms with E-state index >= 15 is 0 Å². The number of para-hydroxylation sites is 1. The van der Waals surface area contributed by atoms with E-state index in [1.807, 2.05) is 48.5 Å². The van der Waals surface area contributed by atoms with Gasteiger partial charge in [0.15, 0.2) is 10.8 Å². The third kappa shape index (κ3) is 4.20. The topological polar surface area (TPSA) is 115 Å². The highest BCUT2D eigenvalue weighted by Crippen LogP contribution is 2.32. The van der Waals surface area contributed by atoms with Gasteiger partial charge >= 0.3 is 0 Å². The average Bonchev–Trinajstić information content (AvgIpc) is 3.25. The number of halogens is 2. The van der Waals surface area contributed by atoms with Gasteiger partial charge in [-0.05, 0) is 48.5 Å². The van der Waals surface area contributed by atoms with Crippen LogP contribution in [0.4, 0.5) is 11.6 Å². The molecule has 0 aliphatic heterocycles. The summed E-state index contributed by atoms with van der Waals surface area (Å²) >= 11 is 10.7. The summed E-state index contributed by atoms with van der Waals surface area (Å²) in [6.07, 6.45) is 0. The molecule has 0 saturated heterocycles. The maximum absolute atomic E-state index is 12.9. The van der Waals surface area contributed by atoms with E-state index in [0.717, 1.165) is 26.3 Å². The Bertz CT molecular complexity index is 1590. The van der Waals surface area contributed by atoms with Crippen molar-refractivity contribution in [1.29, 1.82) is 0 Å². The monoisotopic (exact) mass is 554 g/mol. The molecule has 2 aromatic heterocycles. The molecular weight excluding hydrogens is 544 g/mol. The number of hydrogen-bond donors (Lipinski definition) is 1. The number of carbonyl (C=O) groups is 1. The van der Waals surface area contributed by atoms with E-state index in [4.69, 9.17) is 16.6 Å². The maximum Gasteiger partial charge on any atom is 0.288 e. The van der Waals surface area contributed by atoms with Crippen LogP contribution in [0.5, 0.6) is 0 Å². The number of nitro groups is 1. The molecule has 0 unspecified atom stereocenters. The molecule has 0 aliphatic carbocycles. The van der Waals surface area contributed by atoms with Gasteiger partial charge in [-0.25, -0.2) is 9.38 Å². The number of benzene rings is 3. The predicted octanol–water partition coefficient (Wildman–Crippen LogP) is 6.01. The number of amides is 1. The summed E-state index contributed by atoms with van der Waals surface area (Å²) in [6.45, 7) is 0. The van der Waals surface area contributed by atoms with Crippen molar-refractivity contribution in [3.63, 3.8) is 0 Å². The van der Waals surface area contributed by atoms with Gasteiger partial charge in [-0.1, -0.05) is 51.4 Å². The Morgan fingerprint density at radius 3 is 2.62 bits per heavy atom. The number of hydrogen-bond acceptors (Lipinski definition) is 7. The van der Waals surface area contributed by atoms with E-state index in [1.165, 1.54) is 23.9 Å². The van der Waals surface area contributed by atoms with Gasteiger partial charge in [0.2, 0.25) is 5.95 Å². The molecule has 0 spiro atoms. The second kappa shape index (κ2) is 9.01. The van der Waals surface area contributed by atoms with Gasteiger partial charge in [-0.15, -0.1) is 10.2 Å². The summed E-state index contributed by atoms with van der Waals surface area (Å²) in [5.41, 5.74) is 0.944. The minimum absolute atomic E-state index is 0.0571. The number of rotatable bonds is 5. The van der Waals surface area contributed by atoms with E-state index < -0.39 is 10.8 Å². The molecule has 5 aromatic rings. The third-order valence-electron chi connectivity index (χ3n) is 4.87. The molecule has 1 amide bonds. The van der Waals surface area contributed by atoms with Crippen LogP contribution >= 0.6 is 39.3 Å². The van der Waals surface area contributed by atoms with Crippen LogP contribution in [-0.2, 0) is 0 Å². The smallest absolute Gasteiger partial charge is 0.288 e. The van der Waals surface area contributed by atoms with Gasteiger partial charge in [0.05, 0.1) is 10.4 Å². The highest BCUT2D eigenvalue weighted by atomic mass is 79.9. The summed E-state index contributed by atoms with van der Waals surface area (Å²) in [6, 6.07) is 19.0. The largest absolute Gasteiger partial charge is 0.290 e. The second-order valence-electron chi connectivity index (χ2n) is 7.03. The average molecular weight is 556 g/mol. The van der Waals surface area contributed by atoms with Crippen LogP contribution in [0, 0.1) is 10.1 Å². The van der Waals surface area contributed by atoms with E-state index in [2.05, 4.69) is 31.4 Å². The molecule has 3 aromatic carbocycles. The van der Waals surface area contributed by atoms with Crippen LogP contribution in [0.15, 0.2) is 81.3 Å². The van der Waals surface area contributed by atoms with Crippen molar-refractivity contribution in [3.05, 3.63) is 91.9 Å². The summed E-state index contributed by atoms with van der Waals surface area (Å²) in [7, 11) is 0. The number of nitro benzene ring substituents is 1. The molecule has 0 atom stereocenters. The Balaban J connectivity index is 1.59. The molecule has 12 heteroatoms. The Morgan fingerprint density at radius 1 is 1.09 bits per heavy atom. The summed E-state index contributed by atoms with van der Waals surface area (Å²) < 4.78 is 2.60. The Morgan fingerprint density at radius 2 is 1.85 bits per heavy atom. The van der Waals surface area contributed by atoms with E-state index in [0.29, 0.717) is 10.8 Å². The minimum Gasteiger partial charge on any atom is -0.290 e. The van der Waals surface area contributed by atoms with Gasteiger partial charge in [0, 0.05) is 26.4 Å². The van der Waals surface area contributed by atoms with Crippen molar-refractivity contribution >= 4 is 73.4 Å². The summed E-state index contributed by atoms with van der Waals surface area (Å²) in [4.78, 5) is 29.2. The Hall–Kier alpha value is -3.54. The molecule has 1 N–H and O–H groups in total. The number of fused-ring (bicyclic) bond motifs is 3. The highest BCUT2D eigenvalue weighted by molar-refractivity contribution is 9.10. The first-order chi connectivity index (χ1) is 16.4. The van der Waals surface area contributed by atoms with Crippen molar-refractivity contribution < 1.29 is 9.72 Å². The van der Waals surface area contributed by atoms with Gasteiger partial charge < -0.3 is 0 Å². The lowest BCUT2D eigenvalue weighted by atomic mass is 10.2. The van der Waals surface area contributed by atoms with E-state index in [-0.39, 0.29) is 22.2 Å². The number of nitrogens with one attached hydrogen (secondary N) is 1. The van der Waals surface area contributed by atoms with Crippen molar-refractivity contribution in [2.45, 2.75) is 10.1 Å². The van der Waals surface area contributed by atoms with E-state index in [9.17, 15) is 14.9 Å². The lowest BCUT2D eigenvalue weighted by Crippen LogP contribution is -2.15. The highest BCUT2D eigenvalue weighted by Gasteiger charge is 2.20. The molecule has 5 rings (SSSR count). The Kier molecular flexibility index (Phi) is 5.90. The molecule has 0 aliphatic rings. The zero-order valence-corrected chi connectivity index (χ0v) is 20.1. The van der Waals surface area contributed by atoms with Gasteiger partial charge in [0.25, 0.3) is 11.6 Å². The first kappa shape index (κ1) is 22.3. The van der Waals surface area contributed by atoms with Crippen LogP contribution in [0.2, 0.25) is 5.02 Å². The minimum atomic E-state index is -0.644. The quantitative estimate of drug-likeness (QED) is 0.160. The predicted molar refractivity (Wildman–Crippen MR) is 133 cm³/mol. The molecule has 34 heavy (non-hydrogen) atoms. The van der Waals surface area contributed by atoms with Crippen LogP contribution in [-0.4, -0.2) is 30.4 Å². The molecular formula is C22H12BrClN6O3S. The third-order valence-corrected chi connectivity index (χ3v) is 6.68. The zero-order valence-electron chi connectivity index (χ0n) is 17.0. The molecule has 9 nitrogen and oxygen atoms in total. The fourth-order valence-corrected chi connectivity index (χ4v) is 4.62. The standard InChI is InChI=1S/C22H12BrClN6O3S/c23-13-6-8-14(9-7-13)34-22-25-17-4-2-1-3-15(17)19-27-28-21(29(19)22)26-20(31)12-5-10-16(24)18(11-12)30(32)33/h1-11H,(H,26,28,31). The first-order valence-electron chi connectivity index (χ1n) is 9.73. The van der Waals surface area contributed by atoms with Crippen molar-refractivity contribution in [1.82, 2.24) is 19.6 Å². The lowest BCUT2D eigenvalue weighted by Gasteiger charge is -2.10. The molecule has 0 fully saturated rings. The number of nitrogens with zero attached hydrogens (tertiary/aromatic N) is 5. The van der Waals surface area contributed by atoms with Gasteiger partial charge in [0.1, 0.15) is 5.02 Å². The maximum atomic E-state index is 12.9. The van der Waals surface area contributed by atoms with E-state index in [1.54, 1.807) is 4.40 Å². The molecule has 0 bridgehead atoms. The summed E-state index contributed by atoms with van der Waals surface area (Å²) in [5, 5.41) is 23.6. The molecule has 168 valence electrons. The number of carbonyl (C=O) groups excluding carboxylic acids is 1. The van der Waals surface area contributed by atoms with Crippen molar-refractivity contribution in [2.24, 2.45) is 0 Å². The second-order valence-corrected chi connectivity index (χ2v) is 9.39. The van der Waals surface area contributed by atoms with Gasteiger partial charge in [-0.2, -0.15) is 0 Å².